The second-order valence-corrected chi connectivity index (χ2v) is 6.25. The van der Waals surface area contributed by atoms with E-state index in [9.17, 15) is 4.79 Å². The van der Waals surface area contributed by atoms with Gasteiger partial charge in [-0.1, -0.05) is 6.07 Å². The maximum Gasteiger partial charge on any atom is 0.269 e. The van der Waals surface area contributed by atoms with Crippen LogP contribution >= 0.6 is 12.2 Å². The van der Waals surface area contributed by atoms with Gasteiger partial charge in [-0.25, -0.2) is 0 Å². The van der Waals surface area contributed by atoms with E-state index < -0.39 is 0 Å². The molecule has 0 aliphatic heterocycles. The Hall–Kier alpha value is -3.20. The summed E-state index contributed by atoms with van der Waals surface area (Å²) in [4.78, 5) is 12.3. The number of nitrogens with one attached hydrogen (secondary N) is 3. The van der Waals surface area contributed by atoms with Gasteiger partial charge in [0.05, 0.1) is 28.4 Å². The predicted molar refractivity (Wildman–Crippen MR) is 114 cm³/mol. The van der Waals surface area contributed by atoms with Crippen LogP contribution in [0.4, 0.5) is 0 Å². The first-order valence-electron chi connectivity index (χ1n) is 8.79. The summed E-state index contributed by atoms with van der Waals surface area (Å²) in [5, 5.41) is 3.34. The van der Waals surface area contributed by atoms with Crippen LogP contribution in [-0.4, -0.2) is 46.0 Å². The summed E-state index contributed by atoms with van der Waals surface area (Å²) >= 11 is 5.19. The molecule has 0 saturated carbocycles. The van der Waals surface area contributed by atoms with Crippen molar-refractivity contribution in [1.29, 1.82) is 0 Å². The molecule has 0 fully saturated rings. The van der Waals surface area contributed by atoms with Crippen LogP contribution < -0.4 is 35.1 Å². The fourth-order valence-electron chi connectivity index (χ4n) is 2.56. The van der Waals surface area contributed by atoms with Crippen molar-refractivity contribution in [2.24, 2.45) is 0 Å². The predicted octanol–water partition coefficient (Wildman–Crippen LogP) is 2.07. The van der Waals surface area contributed by atoms with Gasteiger partial charge in [-0.15, -0.1) is 0 Å². The van der Waals surface area contributed by atoms with Crippen molar-refractivity contribution in [3.05, 3.63) is 47.5 Å². The van der Waals surface area contributed by atoms with E-state index >= 15 is 0 Å². The SMILES string of the molecule is COc1ccc(CCNC(=S)NNC(=O)c2ccc(OC)c(OC)c2)cc1OC. The Labute approximate surface area is 175 Å². The van der Waals surface area contributed by atoms with Gasteiger partial charge in [-0.05, 0) is 54.5 Å². The Morgan fingerprint density at radius 1 is 0.828 bits per heavy atom. The molecule has 8 nitrogen and oxygen atoms in total. The molecule has 2 rings (SSSR count). The molecule has 0 aromatic heterocycles. The van der Waals surface area contributed by atoms with Crippen molar-refractivity contribution in [2.45, 2.75) is 6.42 Å². The van der Waals surface area contributed by atoms with Crippen LogP contribution in [0.5, 0.6) is 23.0 Å². The molecular weight excluding hydrogens is 394 g/mol. The smallest absolute Gasteiger partial charge is 0.269 e. The number of carbonyl (C=O) groups excluding carboxylic acids is 1. The Kier molecular flexibility index (Phi) is 8.35. The molecule has 156 valence electrons. The standard InChI is InChI=1S/C20H25N3O5S/c1-25-15-7-5-13(11-17(15)27-3)9-10-21-20(29)23-22-19(24)14-6-8-16(26-2)18(12-14)28-4/h5-8,11-12H,9-10H2,1-4H3,(H,22,24)(H2,21,23,29). The van der Waals surface area contributed by atoms with Gasteiger partial charge in [0.15, 0.2) is 28.1 Å². The molecule has 0 spiro atoms. The summed E-state index contributed by atoms with van der Waals surface area (Å²) < 4.78 is 20.9. The van der Waals surface area contributed by atoms with Crippen LogP contribution in [0.2, 0.25) is 0 Å². The van der Waals surface area contributed by atoms with Crippen molar-refractivity contribution < 1.29 is 23.7 Å². The normalized spacial score (nSPS) is 9.93. The molecule has 9 heteroatoms. The number of hydrazine groups is 1. The molecule has 0 bridgehead atoms. The first-order valence-corrected chi connectivity index (χ1v) is 9.20. The summed E-state index contributed by atoms with van der Waals surface area (Å²) in [6.07, 6.45) is 0.714. The molecule has 0 aliphatic carbocycles. The van der Waals surface area contributed by atoms with Gasteiger partial charge < -0.3 is 24.3 Å². The molecule has 0 aliphatic rings. The van der Waals surface area contributed by atoms with E-state index in [0.29, 0.717) is 46.6 Å². The zero-order valence-corrected chi connectivity index (χ0v) is 17.6. The zero-order valence-electron chi connectivity index (χ0n) is 16.8. The molecule has 2 aromatic rings. The maximum atomic E-state index is 12.3. The quantitative estimate of drug-likeness (QED) is 0.443. The van der Waals surface area contributed by atoms with E-state index in [1.807, 2.05) is 18.2 Å². The molecule has 3 N–H and O–H groups in total. The maximum absolute atomic E-state index is 12.3. The highest BCUT2D eigenvalue weighted by Crippen LogP contribution is 2.28. The van der Waals surface area contributed by atoms with Crippen molar-refractivity contribution in [1.82, 2.24) is 16.2 Å². The van der Waals surface area contributed by atoms with Crippen molar-refractivity contribution in [3.8, 4) is 23.0 Å². The number of amides is 1. The molecule has 0 unspecified atom stereocenters. The zero-order chi connectivity index (χ0) is 21.2. The van der Waals surface area contributed by atoms with Crippen LogP contribution in [-0.2, 0) is 6.42 Å². The lowest BCUT2D eigenvalue weighted by Crippen LogP contribution is -2.47. The van der Waals surface area contributed by atoms with Crippen LogP contribution in [0.25, 0.3) is 0 Å². The summed E-state index contributed by atoms with van der Waals surface area (Å²) in [6.45, 7) is 0.577. The van der Waals surface area contributed by atoms with E-state index in [4.69, 9.17) is 31.2 Å². The number of rotatable bonds is 8. The lowest BCUT2D eigenvalue weighted by Gasteiger charge is -2.13. The molecule has 0 atom stereocenters. The minimum absolute atomic E-state index is 0.305. The van der Waals surface area contributed by atoms with Crippen LogP contribution in [0.3, 0.4) is 0 Å². The lowest BCUT2D eigenvalue weighted by molar-refractivity contribution is 0.0943. The number of thiocarbonyl (C=S) groups is 1. The van der Waals surface area contributed by atoms with Crippen molar-refractivity contribution >= 4 is 23.2 Å². The monoisotopic (exact) mass is 419 g/mol. The summed E-state index contributed by atoms with van der Waals surface area (Å²) in [5.41, 5.74) is 6.69. The number of methoxy groups -OCH3 is 4. The number of carbonyl (C=O) groups is 1. The number of hydrogen-bond acceptors (Lipinski definition) is 6. The molecule has 0 radical (unpaired) electrons. The Bertz CT molecular complexity index is 860. The third-order valence-corrected chi connectivity index (χ3v) is 4.33. The average molecular weight is 420 g/mol. The Balaban J connectivity index is 1.80. The van der Waals surface area contributed by atoms with E-state index in [0.717, 1.165) is 5.56 Å². The van der Waals surface area contributed by atoms with Gasteiger partial charge >= 0.3 is 0 Å². The van der Waals surface area contributed by atoms with Crippen molar-refractivity contribution in [2.75, 3.05) is 35.0 Å². The minimum Gasteiger partial charge on any atom is -0.493 e. The molecule has 0 saturated heterocycles. The molecular formula is C20H25N3O5S. The van der Waals surface area contributed by atoms with Gasteiger partial charge in [-0.3, -0.25) is 15.6 Å². The van der Waals surface area contributed by atoms with E-state index in [2.05, 4.69) is 16.2 Å². The highest BCUT2D eigenvalue weighted by Gasteiger charge is 2.11. The van der Waals surface area contributed by atoms with Crippen LogP contribution in [0.15, 0.2) is 36.4 Å². The Morgan fingerprint density at radius 3 is 2.03 bits per heavy atom. The van der Waals surface area contributed by atoms with Crippen LogP contribution in [0, 0.1) is 0 Å². The first-order chi connectivity index (χ1) is 14.0. The topological polar surface area (TPSA) is 90.1 Å². The second kappa shape index (κ2) is 11.0. The highest BCUT2D eigenvalue weighted by atomic mass is 32.1. The highest BCUT2D eigenvalue weighted by molar-refractivity contribution is 7.80. The fourth-order valence-corrected chi connectivity index (χ4v) is 2.72. The van der Waals surface area contributed by atoms with Gasteiger partial charge in [0.1, 0.15) is 0 Å². The van der Waals surface area contributed by atoms with Gasteiger partial charge in [0.25, 0.3) is 5.91 Å². The first kappa shape index (κ1) is 22.1. The van der Waals surface area contributed by atoms with E-state index in [1.54, 1.807) is 32.4 Å². The van der Waals surface area contributed by atoms with Crippen LogP contribution in [0.1, 0.15) is 15.9 Å². The number of ether oxygens (including phenoxy) is 4. The van der Waals surface area contributed by atoms with E-state index in [1.165, 1.54) is 14.2 Å². The van der Waals surface area contributed by atoms with Gasteiger partial charge in [0.2, 0.25) is 0 Å². The molecule has 2 aromatic carbocycles. The van der Waals surface area contributed by atoms with Gasteiger partial charge in [-0.2, -0.15) is 0 Å². The summed E-state index contributed by atoms with van der Waals surface area (Å²) in [5.74, 6) is 2.02. The third-order valence-electron chi connectivity index (χ3n) is 4.08. The Morgan fingerprint density at radius 2 is 1.41 bits per heavy atom. The van der Waals surface area contributed by atoms with E-state index in [-0.39, 0.29) is 5.91 Å². The van der Waals surface area contributed by atoms with Crippen molar-refractivity contribution in [3.63, 3.8) is 0 Å². The number of hydrogen-bond donors (Lipinski definition) is 3. The number of benzene rings is 2. The largest absolute Gasteiger partial charge is 0.493 e. The minimum atomic E-state index is -0.352. The fraction of sp³-hybridized carbons (Fsp3) is 0.300. The third kappa shape index (κ3) is 6.15. The summed E-state index contributed by atoms with van der Waals surface area (Å²) in [7, 11) is 6.24. The molecule has 29 heavy (non-hydrogen) atoms. The summed E-state index contributed by atoms with van der Waals surface area (Å²) in [6, 6.07) is 10.6. The second-order valence-electron chi connectivity index (χ2n) is 5.84. The molecule has 0 heterocycles. The lowest BCUT2D eigenvalue weighted by atomic mass is 10.1. The average Bonchev–Trinajstić information content (AvgIpc) is 2.76. The molecule has 1 amide bonds. The van der Waals surface area contributed by atoms with Gasteiger partial charge in [0, 0.05) is 12.1 Å².